The Balaban J connectivity index is 2.25. The van der Waals surface area contributed by atoms with E-state index in [4.69, 9.17) is 0 Å². The largest absolute Gasteiger partial charge is 0.294 e. The maximum atomic E-state index is 12.1. The highest BCUT2D eigenvalue weighted by Crippen LogP contribution is 2.14. The van der Waals surface area contributed by atoms with Gasteiger partial charge in [0, 0.05) is 42.7 Å². The van der Waals surface area contributed by atoms with Crippen LogP contribution in [-0.2, 0) is 13.5 Å². The minimum Gasteiger partial charge on any atom is -0.294 e. The summed E-state index contributed by atoms with van der Waals surface area (Å²) in [5.74, 6) is 0.0808. The molecule has 2 heterocycles. The van der Waals surface area contributed by atoms with Crippen molar-refractivity contribution in [2.45, 2.75) is 20.3 Å². The molecule has 0 radical (unpaired) electrons. The molecule has 0 aliphatic heterocycles. The predicted octanol–water partition coefficient (Wildman–Crippen LogP) is 1.86. The van der Waals surface area contributed by atoms with Crippen molar-refractivity contribution >= 4 is 5.78 Å². The third kappa shape index (κ3) is 2.25. The highest BCUT2D eigenvalue weighted by atomic mass is 16.1. The highest BCUT2D eigenvalue weighted by molar-refractivity contribution is 5.97. The first kappa shape index (κ1) is 11.5. The summed E-state index contributed by atoms with van der Waals surface area (Å²) in [5, 5.41) is 4.31. The summed E-state index contributed by atoms with van der Waals surface area (Å²) in [7, 11) is 1.89. The van der Waals surface area contributed by atoms with Crippen molar-refractivity contribution in [1.29, 1.82) is 0 Å². The van der Waals surface area contributed by atoms with Gasteiger partial charge < -0.3 is 0 Å². The van der Waals surface area contributed by atoms with Gasteiger partial charge in [-0.1, -0.05) is 0 Å². The molecule has 0 saturated heterocycles. The molecule has 4 nitrogen and oxygen atoms in total. The molecule has 2 aromatic heterocycles. The van der Waals surface area contributed by atoms with E-state index in [1.165, 1.54) is 0 Å². The molecule has 0 amide bonds. The highest BCUT2D eigenvalue weighted by Gasteiger charge is 2.14. The molecule has 2 aromatic rings. The molecule has 0 unspecified atom stereocenters. The van der Waals surface area contributed by atoms with Gasteiger partial charge in [-0.25, -0.2) is 0 Å². The number of Topliss-reactive ketones (excluding diaryl/α,β-unsaturated/α-hetero) is 1. The van der Waals surface area contributed by atoms with Crippen molar-refractivity contribution in [3.8, 4) is 0 Å². The molecular weight excluding hydrogens is 214 g/mol. The maximum Gasteiger partial charge on any atom is 0.168 e. The van der Waals surface area contributed by atoms with Crippen LogP contribution in [0.2, 0.25) is 0 Å². The number of carbonyl (C=O) groups excluding carboxylic acids is 1. The van der Waals surface area contributed by atoms with Gasteiger partial charge in [0.15, 0.2) is 5.78 Å². The Kier molecular flexibility index (Phi) is 3.04. The fourth-order valence-electron chi connectivity index (χ4n) is 1.86. The normalized spacial score (nSPS) is 10.5. The number of hydrogen-bond donors (Lipinski definition) is 0. The fourth-order valence-corrected chi connectivity index (χ4v) is 1.86. The quantitative estimate of drug-likeness (QED) is 0.755. The Morgan fingerprint density at radius 2 is 2.18 bits per heavy atom. The van der Waals surface area contributed by atoms with E-state index < -0.39 is 0 Å². The lowest BCUT2D eigenvalue weighted by molar-refractivity contribution is 0.0992. The molecule has 0 bridgehead atoms. The van der Waals surface area contributed by atoms with E-state index >= 15 is 0 Å². The maximum absolute atomic E-state index is 12.1. The molecule has 2 rings (SSSR count). The number of rotatable bonds is 3. The molecule has 0 atom stereocenters. The molecule has 0 fully saturated rings. The number of carbonyl (C=O) groups is 1. The summed E-state index contributed by atoms with van der Waals surface area (Å²) < 4.78 is 1.81. The van der Waals surface area contributed by atoms with E-state index in [0.29, 0.717) is 12.0 Å². The smallest absolute Gasteiger partial charge is 0.168 e. The topological polar surface area (TPSA) is 47.8 Å². The molecule has 0 aliphatic rings. The van der Waals surface area contributed by atoms with Crippen LogP contribution in [0.15, 0.2) is 24.5 Å². The average molecular weight is 229 g/mol. The summed E-state index contributed by atoms with van der Waals surface area (Å²) >= 11 is 0. The van der Waals surface area contributed by atoms with Crippen LogP contribution in [0, 0.1) is 13.8 Å². The Bertz CT molecular complexity index is 543. The zero-order valence-corrected chi connectivity index (χ0v) is 10.3. The Labute approximate surface area is 100 Å². The average Bonchev–Trinajstić information content (AvgIpc) is 2.57. The lowest BCUT2D eigenvalue weighted by Gasteiger charge is -2.01. The van der Waals surface area contributed by atoms with Gasteiger partial charge in [0.25, 0.3) is 0 Å². The van der Waals surface area contributed by atoms with Crippen molar-refractivity contribution in [3.63, 3.8) is 0 Å². The standard InChI is InChI=1S/C13H15N3O/c1-9-12(10(2)16(3)15-9)7-13(17)11-5-4-6-14-8-11/h4-6,8H,7H2,1-3H3. The molecular formula is C13H15N3O. The zero-order valence-electron chi connectivity index (χ0n) is 10.3. The van der Waals surface area contributed by atoms with E-state index in [1.807, 2.05) is 20.9 Å². The van der Waals surface area contributed by atoms with Gasteiger partial charge in [-0.05, 0) is 26.0 Å². The predicted molar refractivity (Wildman–Crippen MR) is 65.0 cm³/mol. The summed E-state index contributed by atoms with van der Waals surface area (Å²) in [4.78, 5) is 16.0. The second-order valence-corrected chi connectivity index (χ2v) is 4.11. The van der Waals surface area contributed by atoms with Crippen molar-refractivity contribution in [2.24, 2.45) is 7.05 Å². The Morgan fingerprint density at radius 1 is 1.41 bits per heavy atom. The number of aryl methyl sites for hydroxylation is 2. The first-order valence-electron chi connectivity index (χ1n) is 5.52. The summed E-state index contributed by atoms with van der Waals surface area (Å²) in [6.07, 6.45) is 3.65. The minimum absolute atomic E-state index is 0.0808. The van der Waals surface area contributed by atoms with Gasteiger partial charge in [0.2, 0.25) is 0 Å². The van der Waals surface area contributed by atoms with E-state index in [2.05, 4.69) is 10.1 Å². The second-order valence-electron chi connectivity index (χ2n) is 4.11. The van der Waals surface area contributed by atoms with E-state index in [1.54, 1.807) is 29.2 Å². The first-order valence-corrected chi connectivity index (χ1v) is 5.52. The lowest BCUT2D eigenvalue weighted by atomic mass is 10.0. The molecule has 17 heavy (non-hydrogen) atoms. The third-order valence-corrected chi connectivity index (χ3v) is 2.98. The molecule has 0 aliphatic carbocycles. The van der Waals surface area contributed by atoms with Crippen molar-refractivity contribution in [1.82, 2.24) is 14.8 Å². The number of pyridine rings is 1. The first-order chi connectivity index (χ1) is 8.09. The molecule has 0 saturated carbocycles. The fraction of sp³-hybridized carbons (Fsp3) is 0.308. The third-order valence-electron chi connectivity index (χ3n) is 2.98. The van der Waals surface area contributed by atoms with E-state index in [0.717, 1.165) is 17.0 Å². The van der Waals surface area contributed by atoms with E-state index in [9.17, 15) is 4.79 Å². The van der Waals surface area contributed by atoms with Crippen molar-refractivity contribution < 1.29 is 4.79 Å². The second kappa shape index (κ2) is 4.49. The van der Waals surface area contributed by atoms with Crippen LogP contribution in [0.3, 0.4) is 0 Å². The minimum atomic E-state index is 0.0808. The van der Waals surface area contributed by atoms with Crippen LogP contribution >= 0.6 is 0 Å². The van der Waals surface area contributed by atoms with Crippen LogP contribution in [-0.4, -0.2) is 20.5 Å². The van der Waals surface area contributed by atoms with Crippen LogP contribution in [0.25, 0.3) is 0 Å². The SMILES string of the molecule is Cc1nn(C)c(C)c1CC(=O)c1cccnc1. The summed E-state index contributed by atoms with van der Waals surface area (Å²) in [6.45, 7) is 3.91. The zero-order chi connectivity index (χ0) is 12.4. The van der Waals surface area contributed by atoms with Gasteiger partial charge >= 0.3 is 0 Å². The Hall–Kier alpha value is -1.97. The van der Waals surface area contributed by atoms with E-state index in [-0.39, 0.29) is 5.78 Å². The van der Waals surface area contributed by atoms with Gasteiger partial charge in [0.1, 0.15) is 0 Å². The van der Waals surface area contributed by atoms with Crippen molar-refractivity contribution in [3.05, 3.63) is 47.0 Å². The monoisotopic (exact) mass is 229 g/mol. The summed E-state index contributed by atoms with van der Waals surface area (Å²) in [6, 6.07) is 3.56. The summed E-state index contributed by atoms with van der Waals surface area (Å²) in [5.41, 5.74) is 3.62. The molecule has 0 N–H and O–H groups in total. The molecule has 0 spiro atoms. The molecule has 4 heteroatoms. The molecule has 0 aromatic carbocycles. The molecule has 88 valence electrons. The lowest BCUT2D eigenvalue weighted by Crippen LogP contribution is -2.05. The van der Waals surface area contributed by atoms with Crippen molar-refractivity contribution in [2.75, 3.05) is 0 Å². The van der Waals surface area contributed by atoms with Gasteiger partial charge in [0.05, 0.1) is 5.69 Å². The van der Waals surface area contributed by atoms with Crippen LogP contribution < -0.4 is 0 Å². The number of aromatic nitrogens is 3. The Morgan fingerprint density at radius 3 is 2.71 bits per heavy atom. The number of hydrogen-bond acceptors (Lipinski definition) is 3. The van der Waals surface area contributed by atoms with Gasteiger partial charge in [-0.15, -0.1) is 0 Å². The van der Waals surface area contributed by atoms with Gasteiger partial charge in [-0.3, -0.25) is 14.5 Å². The van der Waals surface area contributed by atoms with Gasteiger partial charge in [-0.2, -0.15) is 5.10 Å². The number of ketones is 1. The number of nitrogens with zero attached hydrogens (tertiary/aromatic N) is 3. The van der Waals surface area contributed by atoms with Crippen LogP contribution in [0.5, 0.6) is 0 Å². The van der Waals surface area contributed by atoms with Crippen LogP contribution in [0.1, 0.15) is 27.3 Å². The van der Waals surface area contributed by atoms with Crippen LogP contribution in [0.4, 0.5) is 0 Å².